The summed E-state index contributed by atoms with van der Waals surface area (Å²) in [6.07, 6.45) is 4.28. The smallest absolute Gasteiger partial charge is 0.325 e. The topological polar surface area (TPSA) is 99.2 Å². The van der Waals surface area contributed by atoms with Gasteiger partial charge in [-0.25, -0.2) is 23.1 Å². The van der Waals surface area contributed by atoms with Gasteiger partial charge in [-0.05, 0) is 6.07 Å². The molecule has 118 valence electrons. The molecule has 3 aromatic heterocycles. The summed E-state index contributed by atoms with van der Waals surface area (Å²) < 4.78 is 27.7. The van der Waals surface area contributed by atoms with Crippen LogP contribution in [-0.4, -0.2) is 43.6 Å². The first-order valence-electron chi connectivity index (χ1n) is 6.72. The highest BCUT2D eigenvalue weighted by Gasteiger charge is 2.44. The summed E-state index contributed by atoms with van der Waals surface area (Å²) in [5.41, 5.74) is 0.0132. The Balaban J connectivity index is 1.88. The number of halogens is 2. The Bertz CT molecular complexity index is 1010. The summed E-state index contributed by atoms with van der Waals surface area (Å²) in [4.78, 5) is 33.1. The first-order valence-corrected chi connectivity index (χ1v) is 6.72. The fourth-order valence-electron chi connectivity index (χ4n) is 2.55. The Morgan fingerprint density at radius 1 is 1.26 bits per heavy atom. The molecule has 0 spiro atoms. The van der Waals surface area contributed by atoms with Crippen molar-refractivity contribution in [2.45, 2.75) is 5.92 Å². The molecule has 0 aliphatic carbocycles. The number of hydrogen-bond acceptors (Lipinski definition) is 5. The van der Waals surface area contributed by atoms with Crippen molar-refractivity contribution in [3.8, 4) is 11.3 Å². The third-order valence-corrected chi connectivity index (χ3v) is 3.62. The Morgan fingerprint density at radius 3 is 2.74 bits per heavy atom. The number of anilines is 1. The van der Waals surface area contributed by atoms with Gasteiger partial charge in [0.05, 0.1) is 24.3 Å². The van der Waals surface area contributed by atoms with Gasteiger partial charge in [0.2, 0.25) is 0 Å². The minimum atomic E-state index is -2.73. The van der Waals surface area contributed by atoms with E-state index in [4.69, 9.17) is 0 Å². The van der Waals surface area contributed by atoms with Crippen molar-refractivity contribution in [3.05, 3.63) is 45.5 Å². The van der Waals surface area contributed by atoms with E-state index in [0.717, 1.165) is 0 Å². The highest BCUT2D eigenvalue weighted by atomic mass is 19.3. The largest absolute Gasteiger partial charge is 0.356 e. The van der Waals surface area contributed by atoms with Crippen molar-refractivity contribution in [1.29, 1.82) is 0 Å². The van der Waals surface area contributed by atoms with Crippen molar-refractivity contribution < 1.29 is 8.78 Å². The maximum Gasteiger partial charge on any atom is 0.325 e. The summed E-state index contributed by atoms with van der Waals surface area (Å²) in [5, 5.41) is 4.23. The second-order valence-electron chi connectivity index (χ2n) is 5.31. The molecular formula is C13H10F2N6O2. The lowest BCUT2D eigenvalue weighted by molar-refractivity contribution is -0.0261. The maximum atomic E-state index is 13.2. The van der Waals surface area contributed by atoms with Gasteiger partial charge in [-0.1, -0.05) is 0 Å². The Hall–Kier alpha value is -3.04. The van der Waals surface area contributed by atoms with Crippen molar-refractivity contribution in [3.63, 3.8) is 0 Å². The minimum absolute atomic E-state index is 0.133. The van der Waals surface area contributed by atoms with E-state index in [9.17, 15) is 18.4 Å². The van der Waals surface area contributed by atoms with Crippen LogP contribution in [0.4, 0.5) is 14.5 Å². The van der Waals surface area contributed by atoms with Crippen LogP contribution in [-0.2, 0) is 0 Å². The Kier molecular flexibility index (Phi) is 2.65. The minimum Gasteiger partial charge on any atom is -0.356 e. The third-order valence-electron chi connectivity index (χ3n) is 3.62. The van der Waals surface area contributed by atoms with Gasteiger partial charge in [-0.3, -0.25) is 9.78 Å². The molecule has 3 aromatic rings. The van der Waals surface area contributed by atoms with Gasteiger partial charge in [-0.15, -0.1) is 0 Å². The van der Waals surface area contributed by atoms with Gasteiger partial charge < -0.3 is 9.88 Å². The molecule has 10 heteroatoms. The van der Waals surface area contributed by atoms with Crippen molar-refractivity contribution in [1.82, 2.24) is 24.6 Å². The van der Waals surface area contributed by atoms with E-state index in [2.05, 4.69) is 20.1 Å². The van der Waals surface area contributed by atoms with E-state index in [0.29, 0.717) is 11.3 Å². The van der Waals surface area contributed by atoms with Crippen LogP contribution in [0, 0.1) is 0 Å². The average Bonchev–Trinajstić information content (AvgIpc) is 2.92. The standard InChI is InChI=1S/C13H10F2N6O2/c14-13(15)5-20(6-13)9-3-8(19-21-2-1-16-10(9)21)7-4-17-12(23)18-11(7)22/h1-4H,5-6H2,(H2,17,18,22,23). The van der Waals surface area contributed by atoms with E-state index in [1.54, 1.807) is 6.20 Å². The van der Waals surface area contributed by atoms with Crippen molar-refractivity contribution in [2.24, 2.45) is 0 Å². The first-order chi connectivity index (χ1) is 10.9. The predicted octanol–water partition coefficient (Wildman–Crippen LogP) is 0.228. The molecule has 0 atom stereocenters. The lowest BCUT2D eigenvalue weighted by atomic mass is 10.1. The molecule has 1 fully saturated rings. The molecule has 0 aromatic carbocycles. The lowest BCUT2D eigenvalue weighted by Gasteiger charge is -2.40. The van der Waals surface area contributed by atoms with Gasteiger partial charge in [0.1, 0.15) is 5.69 Å². The highest BCUT2D eigenvalue weighted by Crippen LogP contribution is 2.34. The highest BCUT2D eigenvalue weighted by molar-refractivity contribution is 5.75. The molecule has 0 radical (unpaired) electrons. The van der Waals surface area contributed by atoms with E-state index in [1.165, 1.54) is 27.9 Å². The molecule has 23 heavy (non-hydrogen) atoms. The summed E-state index contributed by atoms with van der Waals surface area (Å²) in [7, 11) is 0. The van der Waals surface area contributed by atoms with Crippen LogP contribution in [0.5, 0.6) is 0 Å². The van der Waals surface area contributed by atoms with Crippen LogP contribution < -0.4 is 16.1 Å². The normalized spacial score (nSPS) is 16.5. The molecule has 0 bridgehead atoms. The number of aromatic nitrogens is 5. The zero-order valence-corrected chi connectivity index (χ0v) is 11.6. The number of H-pyrrole nitrogens is 2. The maximum absolute atomic E-state index is 13.2. The molecule has 1 aliphatic heterocycles. The fraction of sp³-hybridized carbons (Fsp3) is 0.231. The van der Waals surface area contributed by atoms with Crippen molar-refractivity contribution in [2.75, 3.05) is 18.0 Å². The second-order valence-corrected chi connectivity index (χ2v) is 5.31. The summed E-state index contributed by atoms with van der Waals surface area (Å²) in [5.74, 6) is -2.73. The van der Waals surface area contributed by atoms with E-state index < -0.39 is 30.3 Å². The molecule has 1 saturated heterocycles. The number of fused-ring (bicyclic) bond motifs is 1. The molecule has 0 unspecified atom stereocenters. The summed E-state index contributed by atoms with van der Waals surface area (Å²) in [6, 6.07) is 1.51. The molecule has 8 nitrogen and oxygen atoms in total. The van der Waals surface area contributed by atoms with Crippen LogP contribution in [0.2, 0.25) is 0 Å². The van der Waals surface area contributed by atoms with E-state index in [-0.39, 0.29) is 11.3 Å². The number of imidazole rings is 1. The molecule has 4 heterocycles. The number of rotatable bonds is 2. The van der Waals surface area contributed by atoms with Crippen LogP contribution in [0.15, 0.2) is 34.2 Å². The van der Waals surface area contributed by atoms with Gasteiger partial charge in [0.15, 0.2) is 5.65 Å². The number of nitrogens with one attached hydrogen (secondary N) is 2. The van der Waals surface area contributed by atoms with Gasteiger partial charge in [0, 0.05) is 18.6 Å². The molecule has 1 aliphatic rings. The SMILES string of the molecule is O=c1[nH]cc(-c2cc(N3CC(F)(F)C3)c3nccn3n2)c(=O)[nH]1. The second kappa shape index (κ2) is 4.48. The van der Waals surface area contributed by atoms with Crippen LogP contribution in [0.25, 0.3) is 16.9 Å². The quantitative estimate of drug-likeness (QED) is 0.704. The molecular weight excluding hydrogens is 310 g/mol. The van der Waals surface area contributed by atoms with Crippen LogP contribution in [0.1, 0.15) is 0 Å². The van der Waals surface area contributed by atoms with Gasteiger partial charge in [0.25, 0.3) is 11.5 Å². The third kappa shape index (κ3) is 2.18. The Morgan fingerprint density at radius 2 is 2.04 bits per heavy atom. The zero-order chi connectivity index (χ0) is 16.2. The monoisotopic (exact) mass is 320 g/mol. The average molecular weight is 320 g/mol. The summed E-state index contributed by atoms with van der Waals surface area (Å²) >= 11 is 0. The summed E-state index contributed by atoms with van der Waals surface area (Å²) in [6.45, 7) is -0.831. The predicted molar refractivity (Wildman–Crippen MR) is 76.8 cm³/mol. The Labute approximate surface area is 126 Å². The first kappa shape index (κ1) is 13.6. The molecule has 0 amide bonds. The van der Waals surface area contributed by atoms with E-state index in [1.807, 2.05) is 0 Å². The number of hydrogen-bond donors (Lipinski definition) is 2. The molecule has 0 saturated carbocycles. The van der Waals surface area contributed by atoms with Gasteiger partial charge >= 0.3 is 5.69 Å². The molecule has 4 rings (SSSR count). The number of nitrogens with zero attached hydrogens (tertiary/aromatic N) is 4. The zero-order valence-electron chi connectivity index (χ0n) is 11.6. The van der Waals surface area contributed by atoms with Crippen molar-refractivity contribution >= 4 is 11.3 Å². The van der Waals surface area contributed by atoms with Crippen LogP contribution >= 0.6 is 0 Å². The van der Waals surface area contributed by atoms with Gasteiger partial charge in [-0.2, -0.15) is 5.10 Å². The number of alkyl halides is 2. The van der Waals surface area contributed by atoms with Crippen LogP contribution in [0.3, 0.4) is 0 Å². The lowest BCUT2D eigenvalue weighted by Crippen LogP contribution is -2.56. The number of aromatic amines is 2. The van der Waals surface area contributed by atoms with E-state index >= 15 is 0 Å². The molecule has 2 N–H and O–H groups in total. The fourth-order valence-corrected chi connectivity index (χ4v) is 2.55.